The highest BCUT2D eigenvalue weighted by Crippen LogP contribution is 2.30. The second kappa shape index (κ2) is 7.96. The largest absolute Gasteiger partial charge is 0.497 e. The molecule has 0 saturated heterocycles. The minimum absolute atomic E-state index is 0.222. The van der Waals surface area contributed by atoms with E-state index in [9.17, 15) is 8.78 Å². The first-order valence-corrected chi connectivity index (χ1v) is 8.52. The molecule has 26 heavy (non-hydrogen) atoms. The maximum atomic E-state index is 14.5. The van der Waals surface area contributed by atoms with Crippen molar-refractivity contribution >= 4 is 11.7 Å². The lowest BCUT2D eigenvalue weighted by atomic mass is 10.0. The number of rotatable bonds is 5. The molecule has 0 aliphatic rings. The molecule has 3 heteroatoms. The van der Waals surface area contributed by atoms with Gasteiger partial charge in [0, 0.05) is 11.1 Å². The minimum Gasteiger partial charge on any atom is -0.497 e. The lowest BCUT2D eigenvalue weighted by molar-refractivity contribution is 0.415. The van der Waals surface area contributed by atoms with Gasteiger partial charge in [-0.1, -0.05) is 67.6 Å². The lowest BCUT2D eigenvalue weighted by Crippen LogP contribution is -1.87. The molecule has 3 rings (SSSR count). The maximum Gasteiger partial charge on any atom is 0.166 e. The third-order valence-electron chi connectivity index (χ3n) is 4.37. The van der Waals surface area contributed by atoms with Crippen LogP contribution < -0.4 is 4.74 Å². The molecule has 0 spiro atoms. The van der Waals surface area contributed by atoms with E-state index in [2.05, 4.69) is 0 Å². The summed E-state index contributed by atoms with van der Waals surface area (Å²) in [5.74, 6) is -0.920. The molecule has 0 aliphatic heterocycles. The maximum absolute atomic E-state index is 14.5. The predicted octanol–water partition coefficient (Wildman–Crippen LogP) is 6.69. The second-order valence-corrected chi connectivity index (χ2v) is 5.98. The van der Waals surface area contributed by atoms with Gasteiger partial charge in [-0.2, -0.15) is 0 Å². The molecule has 3 aromatic rings. The summed E-state index contributed by atoms with van der Waals surface area (Å²) in [4.78, 5) is 0. The third kappa shape index (κ3) is 3.83. The number of methoxy groups -OCH3 is 1. The van der Waals surface area contributed by atoms with Crippen LogP contribution in [0.15, 0.2) is 72.8 Å². The van der Waals surface area contributed by atoms with Gasteiger partial charge < -0.3 is 4.74 Å². The summed E-state index contributed by atoms with van der Waals surface area (Å²) in [5.41, 5.74) is 3.47. The Bertz CT molecular complexity index is 892. The Kier molecular flexibility index (Phi) is 5.47. The van der Waals surface area contributed by atoms with Gasteiger partial charge in [-0.05, 0) is 35.2 Å². The van der Waals surface area contributed by atoms with Crippen molar-refractivity contribution in [2.24, 2.45) is 0 Å². The first-order chi connectivity index (χ1) is 12.6. The van der Waals surface area contributed by atoms with Gasteiger partial charge in [0.1, 0.15) is 5.75 Å². The zero-order chi connectivity index (χ0) is 18.5. The molecule has 0 fully saturated rings. The zero-order valence-electron chi connectivity index (χ0n) is 14.8. The first-order valence-electron chi connectivity index (χ1n) is 8.52. The van der Waals surface area contributed by atoms with Crippen LogP contribution in [0.4, 0.5) is 8.78 Å². The van der Waals surface area contributed by atoms with E-state index in [1.165, 1.54) is 0 Å². The van der Waals surface area contributed by atoms with E-state index >= 15 is 0 Å². The normalized spacial score (nSPS) is 11.8. The second-order valence-electron chi connectivity index (χ2n) is 5.98. The minimum atomic E-state index is -0.851. The predicted molar refractivity (Wildman–Crippen MR) is 103 cm³/mol. The molecule has 1 nitrogen and oxygen atoms in total. The van der Waals surface area contributed by atoms with Gasteiger partial charge in [-0.25, -0.2) is 8.78 Å². The van der Waals surface area contributed by atoms with E-state index in [0.29, 0.717) is 0 Å². The third-order valence-corrected chi connectivity index (χ3v) is 4.37. The molecule has 0 unspecified atom stereocenters. The summed E-state index contributed by atoms with van der Waals surface area (Å²) in [6, 6.07) is 21.2. The summed E-state index contributed by atoms with van der Waals surface area (Å²) in [7, 11) is 1.61. The first kappa shape index (κ1) is 17.9. The van der Waals surface area contributed by atoms with E-state index in [4.69, 9.17) is 4.74 Å². The van der Waals surface area contributed by atoms with Gasteiger partial charge in [0.25, 0.3) is 0 Å². The van der Waals surface area contributed by atoms with Crippen LogP contribution in [0.1, 0.15) is 23.6 Å². The van der Waals surface area contributed by atoms with Crippen molar-refractivity contribution in [3.63, 3.8) is 0 Å². The molecule has 0 radical (unpaired) electrons. The van der Waals surface area contributed by atoms with Crippen LogP contribution in [0.3, 0.4) is 0 Å². The molecule has 0 heterocycles. The smallest absolute Gasteiger partial charge is 0.166 e. The number of halogens is 2. The molecule has 0 N–H and O–H groups in total. The van der Waals surface area contributed by atoms with Crippen molar-refractivity contribution in [2.45, 2.75) is 13.3 Å². The quantitative estimate of drug-likeness (QED) is 0.466. The van der Waals surface area contributed by atoms with Gasteiger partial charge in [-0.3, -0.25) is 0 Å². The fourth-order valence-corrected chi connectivity index (χ4v) is 2.73. The van der Waals surface area contributed by atoms with E-state index in [1.807, 2.05) is 43.3 Å². The van der Waals surface area contributed by atoms with Gasteiger partial charge in [-0.15, -0.1) is 0 Å². The van der Waals surface area contributed by atoms with Crippen LogP contribution in [0.25, 0.3) is 22.8 Å². The number of hydrogen-bond acceptors (Lipinski definition) is 1. The van der Waals surface area contributed by atoms with Crippen molar-refractivity contribution in [3.05, 3.63) is 89.5 Å². The van der Waals surface area contributed by atoms with E-state index in [1.54, 1.807) is 43.5 Å². The Morgan fingerprint density at radius 3 is 1.54 bits per heavy atom. The Hall–Kier alpha value is -2.94. The van der Waals surface area contributed by atoms with Gasteiger partial charge in [0.05, 0.1) is 7.11 Å². The summed E-state index contributed by atoms with van der Waals surface area (Å²) in [5, 5.41) is 0. The Morgan fingerprint density at radius 1 is 0.692 bits per heavy atom. The van der Waals surface area contributed by atoms with Crippen LogP contribution in [0.2, 0.25) is 0 Å². The molecule has 0 saturated carbocycles. The molecular weight excluding hydrogens is 330 g/mol. The fraction of sp³-hybridized carbons (Fsp3) is 0.130. The van der Waals surface area contributed by atoms with Gasteiger partial charge in [0.15, 0.2) is 11.7 Å². The van der Waals surface area contributed by atoms with Crippen molar-refractivity contribution in [1.82, 2.24) is 0 Å². The monoisotopic (exact) mass is 350 g/mol. The van der Waals surface area contributed by atoms with Gasteiger partial charge in [0.2, 0.25) is 0 Å². The highest BCUT2D eigenvalue weighted by atomic mass is 19.2. The molecule has 0 aromatic heterocycles. The van der Waals surface area contributed by atoms with Crippen LogP contribution >= 0.6 is 0 Å². The molecule has 3 aromatic carbocycles. The molecule has 0 amide bonds. The Labute approximate surface area is 152 Å². The van der Waals surface area contributed by atoms with Crippen molar-refractivity contribution in [1.29, 1.82) is 0 Å². The summed E-state index contributed by atoms with van der Waals surface area (Å²) < 4.78 is 34.1. The average molecular weight is 350 g/mol. The van der Waals surface area contributed by atoms with Crippen LogP contribution in [0.5, 0.6) is 5.75 Å². The molecular formula is C23H20F2O. The van der Waals surface area contributed by atoms with Crippen LogP contribution in [0, 0.1) is 0 Å². The zero-order valence-corrected chi connectivity index (χ0v) is 14.8. The van der Waals surface area contributed by atoms with Gasteiger partial charge >= 0.3 is 0 Å². The number of benzene rings is 3. The SMILES string of the molecule is CCc1ccc(/C(F)=C(\F)c2ccc(-c3ccc(OC)cc3)cc2)cc1. The number of ether oxygens (including phenoxy) is 1. The number of aryl methyl sites for hydroxylation is 1. The summed E-state index contributed by atoms with van der Waals surface area (Å²) in [6.45, 7) is 2.02. The van der Waals surface area contributed by atoms with Crippen molar-refractivity contribution in [3.8, 4) is 16.9 Å². The standard InChI is InChI=1S/C23H20F2O/c1-3-16-4-6-19(7-5-16)22(24)23(25)20-10-8-17(9-11-20)18-12-14-21(26-2)15-13-18/h4-15H,3H2,1-2H3/b23-22+. The summed E-state index contributed by atoms with van der Waals surface area (Å²) >= 11 is 0. The van der Waals surface area contributed by atoms with E-state index in [0.717, 1.165) is 28.9 Å². The molecule has 0 atom stereocenters. The van der Waals surface area contributed by atoms with E-state index < -0.39 is 11.7 Å². The molecule has 0 aliphatic carbocycles. The average Bonchev–Trinajstić information content (AvgIpc) is 2.73. The molecule has 132 valence electrons. The van der Waals surface area contributed by atoms with Crippen LogP contribution in [-0.2, 0) is 6.42 Å². The van der Waals surface area contributed by atoms with E-state index in [-0.39, 0.29) is 11.1 Å². The highest BCUT2D eigenvalue weighted by Gasteiger charge is 2.11. The Morgan fingerprint density at radius 2 is 1.12 bits per heavy atom. The lowest BCUT2D eigenvalue weighted by Gasteiger charge is -2.06. The topological polar surface area (TPSA) is 9.23 Å². The Balaban J connectivity index is 1.85. The van der Waals surface area contributed by atoms with Crippen LogP contribution in [-0.4, -0.2) is 7.11 Å². The highest BCUT2D eigenvalue weighted by molar-refractivity contribution is 5.83. The molecule has 0 bridgehead atoms. The number of hydrogen-bond donors (Lipinski definition) is 0. The van der Waals surface area contributed by atoms with Crippen molar-refractivity contribution in [2.75, 3.05) is 7.11 Å². The van der Waals surface area contributed by atoms with Crippen molar-refractivity contribution < 1.29 is 13.5 Å². The fourth-order valence-electron chi connectivity index (χ4n) is 2.73. The summed E-state index contributed by atoms with van der Waals surface area (Å²) in [6.07, 6.45) is 0.862.